The third-order valence-electron chi connectivity index (χ3n) is 4.87. The number of aryl methyl sites for hydroxylation is 1. The molecule has 0 fully saturated rings. The Balaban J connectivity index is 1.61. The van der Waals surface area contributed by atoms with Crippen LogP contribution in [0.2, 0.25) is 0 Å². The van der Waals surface area contributed by atoms with E-state index in [1.54, 1.807) is 35.9 Å². The maximum absolute atomic E-state index is 12.4. The average molecular weight is 476 g/mol. The number of H-pyrrole nitrogens is 1. The molecule has 2 N–H and O–H groups in total. The lowest BCUT2D eigenvalue weighted by Gasteiger charge is -2.10. The van der Waals surface area contributed by atoms with E-state index in [2.05, 4.69) is 14.7 Å². The summed E-state index contributed by atoms with van der Waals surface area (Å²) < 4.78 is 49.0. The lowest BCUT2D eigenvalue weighted by atomic mass is 10.2. The minimum Gasteiger partial charge on any atom is -0.457 e. The normalized spacial score (nSPS) is 12.6. The summed E-state index contributed by atoms with van der Waals surface area (Å²) in [6.45, 7) is 1.48. The molecule has 12 heteroatoms. The Labute approximate surface area is 189 Å². The highest BCUT2D eigenvalue weighted by atomic mass is 19.4. The van der Waals surface area contributed by atoms with Crippen LogP contribution in [0.25, 0.3) is 22.6 Å². The minimum atomic E-state index is -4.77. The van der Waals surface area contributed by atoms with E-state index in [-0.39, 0.29) is 23.5 Å². The van der Waals surface area contributed by atoms with Crippen molar-refractivity contribution in [1.82, 2.24) is 19.1 Å². The number of benzene rings is 2. The summed E-state index contributed by atoms with van der Waals surface area (Å²) >= 11 is 0. The molecule has 4 rings (SSSR count). The van der Waals surface area contributed by atoms with Crippen molar-refractivity contribution in [3.8, 4) is 28.6 Å². The molecule has 9 nitrogen and oxygen atoms in total. The number of aliphatic hydroxyl groups is 1. The Morgan fingerprint density at radius 1 is 1.03 bits per heavy atom. The summed E-state index contributed by atoms with van der Waals surface area (Å²) in [6.07, 6.45) is -5.60. The molecule has 34 heavy (non-hydrogen) atoms. The molecule has 0 saturated heterocycles. The van der Waals surface area contributed by atoms with Gasteiger partial charge in [0.2, 0.25) is 0 Å². The zero-order chi connectivity index (χ0) is 24.6. The van der Waals surface area contributed by atoms with Crippen molar-refractivity contribution in [2.24, 2.45) is 7.05 Å². The van der Waals surface area contributed by atoms with Crippen molar-refractivity contribution in [2.45, 2.75) is 25.9 Å². The van der Waals surface area contributed by atoms with Crippen LogP contribution < -0.4 is 20.7 Å². The van der Waals surface area contributed by atoms with Gasteiger partial charge >= 0.3 is 12.1 Å². The average Bonchev–Trinajstić information content (AvgIpc) is 3.09. The van der Waals surface area contributed by atoms with Crippen molar-refractivity contribution >= 4 is 11.2 Å². The Kier molecular flexibility index (Phi) is 5.92. The summed E-state index contributed by atoms with van der Waals surface area (Å²) in [5.74, 6) is 0.765. The SMILES string of the molecule is CC(O)Cn1c(=O)[nH]c(=O)c2c1nc(-c1ccc(Oc3ccc(OC(F)(F)F)cc3)cc1)n2C. The molecule has 4 aromatic rings. The van der Waals surface area contributed by atoms with Crippen LogP contribution in [0.1, 0.15) is 6.92 Å². The maximum Gasteiger partial charge on any atom is 0.573 e. The number of aromatic amines is 1. The number of nitrogens with zero attached hydrogens (tertiary/aromatic N) is 3. The van der Waals surface area contributed by atoms with E-state index in [0.29, 0.717) is 22.9 Å². The standard InChI is InChI=1S/C22H19F3N4O5/c1-12(30)11-29-19-17(20(31)27-21(29)32)28(2)18(26-19)13-3-5-14(6-4-13)33-15-7-9-16(10-8-15)34-22(23,24)25/h3-10,12,30H,11H2,1-2H3,(H,27,31,32). The fourth-order valence-corrected chi connectivity index (χ4v) is 3.46. The van der Waals surface area contributed by atoms with Gasteiger partial charge in [-0.2, -0.15) is 0 Å². The van der Waals surface area contributed by atoms with Crippen molar-refractivity contribution in [2.75, 3.05) is 0 Å². The summed E-state index contributed by atoms with van der Waals surface area (Å²) in [6, 6.07) is 11.6. The van der Waals surface area contributed by atoms with Crippen LogP contribution in [0.4, 0.5) is 13.2 Å². The van der Waals surface area contributed by atoms with Crippen LogP contribution in [-0.4, -0.2) is 36.7 Å². The van der Waals surface area contributed by atoms with E-state index in [9.17, 15) is 27.9 Å². The van der Waals surface area contributed by atoms with Gasteiger partial charge in [-0.25, -0.2) is 9.78 Å². The molecule has 0 bridgehead atoms. The zero-order valence-electron chi connectivity index (χ0n) is 18.0. The number of imidazole rings is 1. The van der Waals surface area contributed by atoms with Crippen molar-refractivity contribution in [3.05, 3.63) is 69.4 Å². The maximum atomic E-state index is 12.4. The first kappa shape index (κ1) is 23.1. The van der Waals surface area contributed by atoms with E-state index in [1.807, 2.05) is 0 Å². The summed E-state index contributed by atoms with van der Waals surface area (Å²) in [5, 5.41) is 9.71. The van der Waals surface area contributed by atoms with Crippen LogP contribution in [-0.2, 0) is 13.6 Å². The molecule has 2 aromatic heterocycles. The molecule has 0 spiro atoms. The summed E-state index contributed by atoms with van der Waals surface area (Å²) in [4.78, 5) is 31.3. The van der Waals surface area contributed by atoms with E-state index in [4.69, 9.17) is 4.74 Å². The predicted octanol–water partition coefficient (Wildman–Crippen LogP) is 3.16. The number of ether oxygens (including phenoxy) is 2. The van der Waals surface area contributed by atoms with Gasteiger partial charge < -0.3 is 19.1 Å². The predicted molar refractivity (Wildman–Crippen MR) is 116 cm³/mol. The van der Waals surface area contributed by atoms with Crippen LogP contribution in [0.5, 0.6) is 17.2 Å². The lowest BCUT2D eigenvalue weighted by Crippen LogP contribution is -2.33. The summed E-state index contributed by atoms with van der Waals surface area (Å²) in [7, 11) is 1.63. The van der Waals surface area contributed by atoms with Gasteiger partial charge in [-0.05, 0) is 55.5 Å². The Morgan fingerprint density at radius 3 is 2.15 bits per heavy atom. The first-order chi connectivity index (χ1) is 16.0. The van der Waals surface area contributed by atoms with Crippen molar-refractivity contribution in [3.63, 3.8) is 0 Å². The molecule has 0 aliphatic heterocycles. The van der Waals surface area contributed by atoms with Crippen LogP contribution in [0.15, 0.2) is 58.1 Å². The number of aromatic nitrogens is 4. The molecule has 0 aliphatic rings. The number of rotatable bonds is 6. The van der Waals surface area contributed by atoms with E-state index in [1.165, 1.54) is 23.6 Å². The van der Waals surface area contributed by atoms with Crippen LogP contribution in [0.3, 0.4) is 0 Å². The molecule has 1 unspecified atom stereocenters. The second-order valence-electron chi connectivity index (χ2n) is 7.53. The molecular formula is C22H19F3N4O5. The van der Waals surface area contributed by atoms with Gasteiger partial charge in [-0.1, -0.05) is 0 Å². The minimum absolute atomic E-state index is 0.0395. The number of fused-ring (bicyclic) bond motifs is 1. The fourth-order valence-electron chi connectivity index (χ4n) is 3.46. The van der Waals surface area contributed by atoms with Gasteiger partial charge in [0, 0.05) is 12.6 Å². The Bertz CT molecular complexity index is 1440. The van der Waals surface area contributed by atoms with Gasteiger partial charge in [-0.3, -0.25) is 14.3 Å². The molecule has 2 heterocycles. The molecule has 1 atom stereocenters. The van der Waals surface area contributed by atoms with E-state index < -0.39 is 23.7 Å². The number of alkyl halides is 3. The smallest absolute Gasteiger partial charge is 0.457 e. The van der Waals surface area contributed by atoms with Gasteiger partial charge in [0.25, 0.3) is 5.56 Å². The number of hydrogen-bond donors (Lipinski definition) is 2. The molecule has 0 radical (unpaired) electrons. The quantitative estimate of drug-likeness (QED) is 0.442. The molecule has 0 saturated carbocycles. The van der Waals surface area contributed by atoms with E-state index in [0.717, 1.165) is 12.1 Å². The Hall–Kier alpha value is -4.06. The molecule has 2 aromatic carbocycles. The third kappa shape index (κ3) is 4.81. The van der Waals surface area contributed by atoms with Gasteiger partial charge in [-0.15, -0.1) is 13.2 Å². The second-order valence-corrected chi connectivity index (χ2v) is 7.53. The molecule has 178 valence electrons. The monoisotopic (exact) mass is 476 g/mol. The van der Waals surface area contributed by atoms with E-state index >= 15 is 0 Å². The van der Waals surface area contributed by atoms with Gasteiger partial charge in [0.15, 0.2) is 11.2 Å². The van der Waals surface area contributed by atoms with Crippen molar-refractivity contribution < 1.29 is 27.8 Å². The molecule has 0 aliphatic carbocycles. The first-order valence-corrected chi connectivity index (χ1v) is 10.0. The van der Waals surface area contributed by atoms with Gasteiger partial charge in [0.1, 0.15) is 23.1 Å². The zero-order valence-corrected chi connectivity index (χ0v) is 18.0. The van der Waals surface area contributed by atoms with Crippen LogP contribution in [0, 0.1) is 0 Å². The summed E-state index contributed by atoms with van der Waals surface area (Å²) in [5.41, 5.74) is -0.319. The molecule has 0 amide bonds. The first-order valence-electron chi connectivity index (χ1n) is 10.0. The fraction of sp³-hybridized carbons (Fsp3) is 0.227. The number of hydrogen-bond acceptors (Lipinski definition) is 6. The lowest BCUT2D eigenvalue weighted by molar-refractivity contribution is -0.274. The van der Waals surface area contributed by atoms with Gasteiger partial charge in [0.05, 0.1) is 12.6 Å². The largest absolute Gasteiger partial charge is 0.573 e. The highest BCUT2D eigenvalue weighted by Gasteiger charge is 2.31. The highest BCUT2D eigenvalue weighted by Crippen LogP contribution is 2.29. The second kappa shape index (κ2) is 8.71. The number of aliphatic hydroxyl groups excluding tert-OH is 1. The van der Waals surface area contributed by atoms with Crippen LogP contribution >= 0.6 is 0 Å². The van der Waals surface area contributed by atoms with Crippen molar-refractivity contribution in [1.29, 1.82) is 0 Å². The Morgan fingerprint density at radius 2 is 1.59 bits per heavy atom. The third-order valence-corrected chi connectivity index (χ3v) is 4.87. The number of nitrogens with one attached hydrogen (secondary N) is 1. The molecular weight excluding hydrogens is 457 g/mol. The topological polar surface area (TPSA) is 111 Å². The highest BCUT2D eigenvalue weighted by molar-refractivity contribution is 5.76. The number of halogens is 3.